The number of ether oxygens (including phenoxy) is 2. The van der Waals surface area contributed by atoms with Crippen LogP contribution in [0.3, 0.4) is 0 Å². The summed E-state index contributed by atoms with van der Waals surface area (Å²) < 4.78 is 10.6. The van der Waals surface area contributed by atoms with E-state index in [1.165, 1.54) is 0 Å². The molecule has 1 unspecified atom stereocenters. The van der Waals surface area contributed by atoms with Gasteiger partial charge in [-0.2, -0.15) is 0 Å². The average molecular weight is 230 g/mol. The number of likely N-dealkylation sites (N-methyl/N-ethyl adjacent to an activating group) is 1. The third kappa shape index (κ3) is 4.51. The van der Waals surface area contributed by atoms with Crippen molar-refractivity contribution in [3.8, 4) is 5.75 Å². The van der Waals surface area contributed by atoms with Gasteiger partial charge in [-0.05, 0) is 25.2 Å². The van der Waals surface area contributed by atoms with E-state index in [0.717, 1.165) is 5.75 Å². The topological polar surface area (TPSA) is 30.5 Å². The second-order valence-corrected chi connectivity index (χ2v) is 3.65. The molecule has 1 N–H and O–H groups in total. The maximum atomic E-state index is 5.83. The summed E-state index contributed by atoms with van der Waals surface area (Å²) in [5.74, 6) is 0.777. The first-order valence-electron chi connectivity index (χ1n) is 4.81. The molecular weight excluding hydrogens is 214 g/mol. The molecule has 0 saturated heterocycles. The highest BCUT2D eigenvalue weighted by molar-refractivity contribution is 6.30. The predicted molar refractivity (Wildman–Crippen MR) is 61.7 cm³/mol. The first kappa shape index (κ1) is 12.3. The van der Waals surface area contributed by atoms with Crippen molar-refractivity contribution in [2.45, 2.75) is 6.04 Å². The van der Waals surface area contributed by atoms with E-state index < -0.39 is 0 Å². The molecule has 1 aromatic carbocycles. The van der Waals surface area contributed by atoms with E-state index in [1.54, 1.807) is 13.2 Å². The molecule has 0 aliphatic carbocycles. The zero-order valence-corrected chi connectivity index (χ0v) is 9.75. The van der Waals surface area contributed by atoms with E-state index >= 15 is 0 Å². The molecule has 15 heavy (non-hydrogen) atoms. The molecule has 1 atom stereocenters. The van der Waals surface area contributed by atoms with Crippen LogP contribution in [0.5, 0.6) is 5.75 Å². The summed E-state index contributed by atoms with van der Waals surface area (Å²) in [7, 11) is 3.55. The Kier molecular flexibility index (Phi) is 5.47. The Balaban J connectivity index is 2.41. The van der Waals surface area contributed by atoms with Crippen LogP contribution in [0.2, 0.25) is 5.02 Å². The maximum Gasteiger partial charge on any atom is 0.120 e. The minimum atomic E-state index is 0.189. The molecule has 0 amide bonds. The zero-order chi connectivity index (χ0) is 11.1. The Morgan fingerprint density at radius 2 is 2.20 bits per heavy atom. The molecule has 4 heteroatoms. The van der Waals surface area contributed by atoms with Crippen LogP contribution < -0.4 is 10.1 Å². The van der Waals surface area contributed by atoms with E-state index in [4.69, 9.17) is 21.1 Å². The number of methoxy groups -OCH3 is 1. The summed E-state index contributed by atoms with van der Waals surface area (Å²) in [6.07, 6.45) is 0. The van der Waals surface area contributed by atoms with Gasteiger partial charge in [0.05, 0.1) is 12.6 Å². The number of hydrogen-bond acceptors (Lipinski definition) is 3. The first-order valence-corrected chi connectivity index (χ1v) is 5.18. The molecule has 3 nitrogen and oxygen atoms in total. The molecular formula is C11H16ClNO2. The molecule has 0 saturated carbocycles. The number of rotatable bonds is 6. The van der Waals surface area contributed by atoms with Crippen molar-refractivity contribution in [1.82, 2.24) is 5.32 Å². The van der Waals surface area contributed by atoms with Gasteiger partial charge in [-0.1, -0.05) is 17.7 Å². The van der Waals surface area contributed by atoms with E-state index in [2.05, 4.69) is 5.32 Å². The third-order valence-electron chi connectivity index (χ3n) is 2.02. The summed E-state index contributed by atoms with van der Waals surface area (Å²) >= 11 is 5.83. The lowest BCUT2D eigenvalue weighted by Crippen LogP contribution is -2.35. The van der Waals surface area contributed by atoms with Crippen LogP contribution in [0.15, 0.2) is 24.3 Å². The lowest BCUT2D eigenvalue weighted by atomic mass is 10.3. The highest BCUT2D eigenvalue weighted by Crippen LogP contribution is 2.17. The number of halogens is 1. The van der Waals surface area contributed by atoms with E-state index in [1.807, 2.05) is 25.2 Å². The molecule has 84 valence electrons. The molecule has 0 radical (unpaired) electrons. The van der Waals surface area contributed by atoms with Crippen LogP contribution in [0.4, 0.5) is 0 Å². The van der Waals surface area contributed by atoms with Crippen LogP contribution in [0, 0.1) is 0 Å². The maximum absolute atomic E-state index is 5.83. The Morgan fingerprint density at radius 1 is 1.40 bits per heavy atom. The van der Waals surface area contributed by atoms with Gasteiger partial charge in [-0.3, -0.25) is 0 Å². The lowest BCUT2D eigenvalue weighted by molar-refractivity contribution is 0.140. The van der Waals surface area contributed by atoms with Crippen LogP contribution in [-0.2, 0) is 4.74 Å². The first-order chi connectivity index (χ1) is 7.26. The summed E-state index contributed by atoms with van der Waals surface area (Å²) in [5.41, 5.74) is 0. The van der Waals surface area contributed by atoms with Gasteiger partial charge in [-0.15, -0.1) is 0 Å². The van der Waals surface area contributed by atoms with Gasteiger partial charge in [-0.25, -0.2) is 0 Å². The van der Waals surface area contributed by atoms with Gasteiger partial charge in [0, 0.05) is 12.1 Å². The van der Waals surface area contributed by atoms with Crippen molar-refractivity contribution < 1.29 is 9.47 Å². The Morgan fingerprint density at radius 3 is 2.80 bits per heavy atom. The lowest BCUT2D eigenvalue weighted by Gasteiger charge is -2.15. The molecule has 0 bridgehead atoms. The molecule has 1 aromatic rings. The van der Waals surface area contributed by atoms with Gasteiger partial charge in [0.1, 0.15) is 12.4 Å². The zero-order valence-electron chi connectivity index (χ0n) is 9.00. The van der Waals surface area contributed by atoms with Crippen LogP contribution in [0.25, 0.3) is 0 Å². The van der Waals surface area contributed by atoms with Crippen molar-refractivity contribution in [3.05, 3.63) is 29.3 Å². The Bertz CT molecular complexity index is 294. The smallest absolute Gasteiger partial charge is 0.120 e. The molecule has 0 fully saturated rings. The molecule has 0 heterocycles. The van der Waals surface area contributed by atoms with Crippen LogP contribution in [-0.4, -0.2) is 33.4 Å². The number of benzene rings is 1. The van der Waals surface area contributed by atoms with Crippen molar-refractivity contribution in [2.24, 2.45) is 0 Å². The Hall–Kier alpha value is -0.770. The average Bonchev–Trinajstić information content (AvgIpc) is 2.24. The van der Waals surface area contributed by atoms with Gasteiger partial charge in [0.15, 0.2) is 0 Å². The van der Waals surface area contributed by atoms with Crippen molar-refractivity contribution in [2.75, 3.05) is 27.4 Å². The van der Waals surface area contributed by atoms with Gasteiger partial charge in [0.25, 0.3) is 0 Å². The number of hydrogen-bond donors (Lipinski definition) is 1. The fraction of sp³-hybridized carbons (Fsp3) is 0.455. The summed E-state index contributed by atoms with van der Waals surface area (Å²) in [5, 5.41) is 3.79. The standard InChI is InChI=1S/C11H16ClNO2/c1-13-10(7-14-2)8-15-11-5-3-4-9(12)6-11/h3-6,10,13H,7-8H2,1-2H3. The largest absolute Gasteiger partial charge is 0.492 e. The fourth-order valence-corrected chi connectivity index (χ4v) is 1.35. The minimum absolute atomic E-state index is 0.189. The van der Waals surface area contributed by atoms with Crippen molar-refractivity contribution in [1.29, 1.82) is 0 Å². The normalized spacial score (nSPS) is 12.5. The highest BCUT2D eigenvalue weighted by atomic mass is 35.5. The SMILES string of the molecule is CNC(COC)COc1cccc(Cl)c1. The third-order valence-corrected chi connectivity index (χ3v) is 2.26. The van der Waals surface area contributed by atoms with Crippen LogP contribution in [0.1, 0.15) is 0 Å². The monoisotopic (exact) mass is 229 g/mol. The highest BCUT2D eigenvalue weighted by Gasteiger charge is 2.06. The number of nitrogens with one attached hydrogen (secondary N) is 1. The van der Waals surface area contributed by atoms with Crippen LogP contribution >= 0.6 is 11.6 Å². The van der Waals surface area contributed by atoms with Gasteiger partial charge >= 0.3 is 0 Å². The van der Waals surface area contributed by atoms with Gasteiger partial charge in [0.2, 0.25) is 0 Å². The summed E-state index contributed by atoms with van der Waals surface area (Å²) in [6, 6.07) is 7.54. The fourth-order valence-electron chi connectivity index (χ4n) is 1.17. The summed E-state index contributed by atoms with van der Waals surface area (Å²) in [4.78, 5) is 0. The molecule has 0 spiro atoms. The molecule has 0 aliphatic heterocycles. The molecule has 0 aliphatic rings. The predicted octanol–water partition coefficient (Wildman–Crippen LogP) is 1.95. The van der Waals surface area contributed by atoms with E-state index in [-0.39, 0.29) is 6.04 Å². The molecule has 1 rings (SSSR count). The van der Waals surface area contributed by atoms with E-state index in [0.29, 0.717) is 18.2 Å². The summed E-state index contributed by atoms with van der Waals surface area (Å²) in [6.45, 7) is 1.18. The Labute approximate surface area is 95.3 Å². The van der Waals surface area contributed by atoms with Crippen molar-refractivity contribution in [3.63, 3.8) is 0 Å². The second kappa shape index (κ2) is 6.67. The van der Waals surface area contributed by atoms with Crippen molar-refractivity contribution >= 4 is 11.6 Å². The minimum Gasteiger partial charge on any atom is -0.492 e. The quantitative estimate of drug-likeness (QED) is 0.809. The van der Waals surface area contributed by atoms with E-state index in [9.17, 15) is 0 Å². The second-order valence-electron chi connectivity index (χ2n) is 3.21. The van der Waals surface area contributed by atoms with Gasteiger partial charge < -0.3 is 14.8 Å². The molecule has 0 aromatic heterocycles.